The second kappa shape index (κ2) is 6.58. The number of nitrogens with one attached hydrogen (secondary N) is 2. The zero-order chi connectivity index (χ0) is 14.7. The van der Waals surface area contributed by atoms with Gasteiger partial charge in [0.25, 0.3) is 0 Å². The van der Waals surface area contributed by atoms with Gasteiger partial charge >= 0.3 is 0 Å². The summed E-state index contributed by atoms with van der Waals surface area (Å²) in [5.74, 6) is 0.756. The molecule has 0 spiro atoms. The predicted octanol–water partition coefficient (Wildman–Crippen LogP) is 3.93. The molecular formula is C17H19BrN2O. The summed E-state index contributed by atoms with van der Waals surface area (Å²) in [4.78, 5) is 12.2. The summed E-state index contributed by atoms with van der Waals surface area (Å²) in [5.41, 5.74) is 0.892. The van der Waals surface area contributed by atoms with Crippen LogP contribution in [0.2, 0.25) is 0 Å². The molecule has 2 aromatic rings. The molecule has 21 heavy (non-hydrogen) atoms. The third kappa shape index (κ3) is 3.44. The standard InChI is InChI=1S/C17H19BrN2O/c18-15-6-7-16(14-4-2-1-3-13(14)15)20-17(21)8-5-12-9-10-19-11-12/h1-4,6-7,12,19H,5,8-11H2,(H,20,21). The van der Waals surface area contributed by atoms with Gasteiger partial charge < -0.3 is 10.6 Å². The van der Waals surface area contributed by atoms with Gasteiger partial charge in [0.15, 0.2) is 0 Å². The fraction of sp³-hybridized carbons (Fsp3) is 0.353. The third-order valence-corrected chi connectivity index (χ3v) is 4.78. The van der Waals surface area contributed by atoms with E-state index < -0.39 is 0 Å². The van der Waals surface area contributed by atoms with Crippen LogP contribution in [0.15, 0.2) is 40.9 Å². The van der Waals surface area contributed by atoms with Crippen molar-refractivity contribution in [3.63, 3.8) is 0 Å². The second-order valence-corrected chi connectivity index (χ2v) is 6.44. The van der Waals surface area contributed by atoms with E-state index >= 15 is 0 Å². The fourth-order valence-electron chi connectivity index (χ4n) is 2.88. The van der Waals surface area contributed by atoms with Gasteiger partial charge in [0.05, 0.1) is 0 Å². The lowest BCUT2D eigenvalue weighted by Crippen LogP contribution is -2.15. The third-order valence-electron chi connectivity index (χ3n) is 4.09. The quantitative estimate of drug-likeness (QED) is 0.880. The van der Waals surface area contributed by atoms with Gasteiger partial charge in [-0.05, 0) is 49.4 Å². The number of amides is 1. The molecule has 110 valence electrons. The minimum atomic E-state index is 0.106. The highest BCUT2D eigenvalue weighted by atomic mass is 79.9. The van der Waals surface area contributed by atoms with Gasteiger partial charge in [0.1, 0.15) is 0 Å². The number of rotatable bonds is 4. The molecule has 1 unspecified atom stereocenters. The van der Waals surface area contributed by atoms with E-state index in [2.05, 4.69) is 32.6 Å². The molecule has 1 amide bonds. The van der Waals surface area contributed by atoms with Crippen LogP contribution in [0.25, 0.3) is 10.8 Å². The summed E-state index contributed by atoms with van der Waals surface area (Å²) in [6.07, 6.45) is 2.75. The smallest absolute Gasteiger partial charge is 0.224 e. The van der Waals surface area contributed by atoms with Gasteiger partial charge in [-0.3, -0.25) is 4.79 Å². The highest BCUT2D eigenvalue weighted by Crippen LogP contribution is 2.30. The topological polar surface area (TPSA) is 41.1 Å². The zero-order valence-corrected chi connectivity index (χ0v) is 13.4. The van der Waals surface area contributed by atoms with E-state index in [1.54, 1.807) is 0 Å². The van der Waals surface area contributed by atoms with Crippen LogP contribution in [0, 0.1) is 5.92 Å². The van der Waals surface area contributed by atoms with Crippen molar-refractivity contribution in [1.29, 1.82) is 0 Å². The van der Waals surface area contributed by atoms with Gasteiger partial charge in [0.2, 0.25) is 5.91 Å². The van der Waals surface area contributed by atoms with Gasteiger partial charge in [-0.25, -0.2) is 0 Å². The van der Waals surface area contributed by atoms with Crippen molar-refractivity contribution in [3.8, 4) is 0 Å². The van der Waals surface area contributed by atoms with Crippen molar-refractivity contribution in [2.75, 3.05) is 18.4 Å². The van der Waals surface area contributed by atoms with Crippen LogP contribution in [-0.2, 0) is 4.79 Å². The molecule has 3 rings (SSSR count). The predicted molar refractivity (Wildman–Crippen MR) is 90.5 cm³/mol. The number of anilines is 1. The lowest BCUT2D eigenvalue weighted by molar-refractivity contribution is -0.116. The van der Waals surface area contributed by atoms with E-state index in [0.717, 1.165) is 40.4 Å². The second-order valence-electron chi connectivity index (χ2n) is 5.59. The number of halogens is 1. The van der Waals surface area contributed by atoms with Crippen LogP contribution in [0.1, 0.15) is 19.3 Å². The Morgan fingerprint density at radius 1 is 1.24 bits per heavy atom. The van der Waals surface area contributed by atoms with Crippen LogP contribution in [0.3, 0.4) is 0 Å². The maximum atomic E-state index is 12.2. The summed E-state index contributed by atoms with van der Waals surface area (Å²) in [6.45, 7) is 2.14. The van der Waals surface area contributed by atoms with E-state index in [0.29, 0.717) is 12.3 Å². The summed E-state index contributed by atoms with van der Waals surface area (Å²) in [6, 6.07) is 12.0. The molecule has 3 nitrogen and oxygen atoms in total. The maximum Gasteiger partial charge on any atom is 0.224 e. The molecule has 1 aliphatic heterocycles. The average molecular weight is 347 g/mol. The summed E-state index contributed by atoms with van der Waals surface area (Å²) >= 11 is 3.55. The van der Waals surface area contributed by atoms with Crippen LogP contribution in [0.5, 0.6) is 0 Å². The molecule has 2 aromatic carbocycles. The highest BCUT2D eigenvalue weighted by molar-refractivity contribution is 9.10. The molecule has 1 heterocycles. The minimum absolute atomic E-state index is 0.106. The van der Waals surface area contributed by atoms with Crippen molar-refractivity contribution in [2.24, 2.45) is 5.92 Å². The molecule has 4 heteroatoms. The first kappa shape index (κ1) is 14.5. The summed E-state index contributed by atoms with van der Waals surface area (Å²) in [5, 5.41) is 8.59. The zero-order valence-electron chi connectivity index (χ0n) is 11.9. The minimum Gasteiger partial charge on any atom is -0.326 e. The van der Waals surface area contributed by atoms with E-state index in [9.17, 15) is 4.79 Å². The number of hydrogen-bond donors (Lipinski definition) is 2. The largest absolute Gasteiger partial charge is 0.326 e. The van der Waals surface area contributed by atoms with Gasteiger partial charge in [0, 0.05) is 22.0 Å². The maximum absolute atomic E-state index is 12.2. The Kier molecular flexibility index (Phi) is 4.56. The Bertz CT molecular complexity index is 650. The van der Waals surface area contributed by atoms with Gasteiger partial charge in [-0.15, -0.1) is 0 Å². The Balaban J connectivity index is 1.69. The molecule has 1 aliphatic rings. The van der Waals surface area contributed by atoms with Crippen molar-refractivity contribution in [1.82, 2.24) is 5.32 Å². The Hall–Kier alpha value is -1.39. The number of benzene rings is 2. The first-order chi connectivity index (χ1) is 10.2. The Labute approximate surface area is 133 Å². The lowest BCUT2D eigenvalue weighted by Gasteiger charge is -2.11. The number of hydrogen-bond acceptors (Lipinski definition) is 2. The van der Waals surface area contributed by atoms with Gasteiger partial charge in [-0.1, -0.05) is 40.2 Å². The molecule has 2 N–H and O–H groups in total. The Morgan fingerprint density at radius 3 is 2.81 bits per heavy atom. The van der Waals surface area contributed by atoms with E-state index in [1.165, 1.54) is 6.42 Å². The van der Waals surface area contributed by atoms with E-state index in [4.69, 9.17) is 0 Å². The first-order valence-electron chi connectivity index (χ1n) is 7.42. The molecular weight excluding hydrogens is 328 g/mol. The van der Waals surface area contributed by atoms with Crippen LogP contribution >= 0.6 is 15.9 Å². The van der Waals surface area contributed by atoms with Crippen molar-refractivity contribution in [2.45, 2.75) is 19.3 Å². The van der Waals surface area contributed by atoms with Crippen LogP contribution in [-0.4, -0.2) is 19.0 Å². The fourth-order valence-corrected chi connectivity index (χ4v) is 3.36. The van der Waals surface area contributed by atoms with Crippen LogP contribution < -0.4 is 10.6 Å². The van der Waals surface area contributed by atoms with Crippen molar-refractivity contribution >= 4 is 38.3 Å². The molecule has 0 aromatic heterocycles. The summed E-state index contributed by atoms with van der Waals surface area (Å²) < 4.78 is 1.05. The Morgan fingerprint density at radius 2 is 2.05 bits per heavy atom. The normalized spacial score (nSPS) is 18.0. The molecule has 1 saturated heterocycles. The highest BCUT2D eigenvalue weighted by Gasteiger charge is 2.16. The molecule has 0 saturated carbocycles. The van der Waals surface area contributed by atoms with Crippen molar-refractivity contribution < 1.29 is 4.79 Å². The van der Waals surface area contributed by atoms with Gasteiger partial charge in [-0.2, -0.15) is 0 Å². The molecule has 0 bridgehead atoms. The summed E-state index contributed by atoms with van der Waals surface area (Å²) in [7, 11) is 0. The number of carbonyl (C=O) groups excluding carboxylic acids is 1. The molecule has 1 fully saturated rings. The molecule has 0 radical (unpaired) electrons. The van der Waals surface area contributed by atoms with Crippen LogP contribution in [0.4, 0.5) is 5.69 Å². The van der Waals surface area contributed by atoms with Crippen molar-refractivity contribution in [3.05, 3.63) is 40.9 Å². The lowest BCUT2D eigenvalue weighted by atomic mass is 10.0. The monoisotopic (exact) mass is 346 g/mol. The average Bonchev–Trinajstić information content (AvgIpc) is 3.02. The first-order valence-corrected chi connectivity index (χ1v) is 8.21. The number of carbonyl (C=O) groups is 1. The molecule has 0 aliphatic carbocycles. The van der Waals surface area contributed by atoms with E-state index in [-0.39, 0.29) is 5.91 Å². The number of fused-ring (bicyclic) bond motifs is 1. The SMILES string of the molecule is O=C(CCC1CCNC1)Nc1ccc(Br)c2ccccc12. The van der Waals surface area contributed by atoms with E-state index in [1.807, 2.05) is 30.3 Å². The molecule has 1 atom stereocenters.